The fourth-order valence-corrected chi connectivity index (χ4v) is 1.32. The van der Waals surface area contributed by atoms with Crippen molar-refractivity contribution in [3.63, 3.8) is 0 Å². The summed E-state index contributed by atoms with van der Waals surface area (Å²) in [6, 6.07) is 2.98. The fourth-order valence-electron chi connectivity index (χ4n) is 1.15. The summed E-state index contributed by atoms with van der Waals surface area (Å²) in [7, 11) is 0. The van der Waals surface area contributed by atoms with Gasteiger partial charge in [-0.1, -0.05) is 11.6 Å². The minimum Gasteiger partial charge on any atom is -0.397 e. The molecule has 0 radical (unpaired) electrons. The zero-order valence-electron chi connectivity index (χ0n) is 7.33. The number of H-pyrrole nitrogens is 2. The third kappa shape index (κ3) is 1.98. The van der Waals surface area contributed by atoms with Crippen LogP contribution in [0.3, 0.4) is 0 Å². The van der Waals surface area contributed by atoms with E-state index in [1.807, 2.05) is 0 Å². The predicted molar refractivity (Wildman–Crippen MR) is 61.9 cm³/mol. The topological polar surface area (TPSA) is 91.7 Å². The number of hydrogen-bond donors (Lipinski definition) is 3. The summed E-state index contributed by atoms with van der Waals surface area (Å²) in [5, 5.41) is 0.334. The molecule has 0 aliphatic heterocycles. The zero-order valence-corrected chi connectivity index (χ0v) is 8.91. The fraction of sp³-hybridized carbons (Fsp3) is 0. The van der Waals surface area contributed by atoms with E-state index in [1.54, 1.807) is 0 Å². The van der Waals surface area contributed by atoms with Gasteiger partial charge in [0.15, 0.2) is 0 Å². The molecule has 0 fully saturated rings. The Balaban J connectivity index is 0.00000112. The maximum absolute atomic E-state index is 11.0. The number of nitrogen functional groups attached to an aromatic ring is 1. The van der Waals surface area contributed by atoms with Crippen LogP contribution >= 0.6 is 24.0 Å². The number of nitrogens with two attached hydrogens (primary N) is 1. The summed E-state index contributed by atoms with van der Waals surface area (Å²) < 4.78 is 0. The molecule has 1 aromatic heterocycles. The van der Waals surface area contributed by atoms with Gasteiger partial charge in [0.1, 0.15) is 0 Å². The Morgan fingerprint density at radius 2 is 1.53 bits per heavy atom. The van der Waals surface area contributed by atoms with Gasteiger partial charge in [-0.15, -0.1) is 12.4 Å². The quantitative estimate of drug-likeness (QED) is 0.477. The summed E-state index contributed by atoms with van der Waals surface area (Å²) in [6.07, 6.45) is 0. The number of rotatable bonds is 0. The van der Waals surface area contributed by atoms with Crippen molar-refractivity contribution in [3.05, 3.63) is 37.9 Å². The first-order valence-electron chi connectivity index (χ1n) is 3.79. The first-order chi connectivity index (χ1) is 6.58. The molecule has 1 heterocycles. The molecule has 0 spiro atoms. The lowest BCUT2D eigenvalue weighted by Gasteiger charge is -2.00. The van der Waals surface area contributed by atoms with Crippen molar-refractivity contribution in [1.29, 1.82) is 0 Å². The molecule has 4 N–H and O–H groups in total. The van der Waals surface area contributed by atoms with Gasteiger partial charge in [-0.25, -0.2) is 0 Å². The second-order valence-electron chi connectivity index (χ2n) is 2.83. The molecule has 1 aromatic carbocycles. The Labute approximate surface area is 94.7 Å². The van der Waals surface area contributed by atoms with E-state index in [4.69, 9.17) is 17.3 Å². The van der Waals surface area contributed by atoms with E-state index in [2.05, 4.69) is 9.97 Å². The highest BCUT2D eigenvalue weighted by Gasteiger charge is 2.02. The van der Waals surface area contributed by atoms with Gasteiger partial charge in [0, 0.05) is 0 Å². The number of anilines is 1. The molecule has 0 unspecified atom stereocenters. The SMILES string of the molecule is Cl.Nc1cc2[nH]c(=O)c(=O)[nH]c2cc1Cl. The molecule has 0 aliphatic carbocycles. The lowest BCUT2D eigenvalue weighted by Crippen LogP contribution is -2.28. The smallest absolute Gasteiger partial charge is 0.314 e. The molecule has 0 saturated carbocycles. The van der Waals surface area contributed by atoms with Gasteiger partial charge in [0.2, 0.25) is 0 Å². The van der Waals surface area contributed by atoms with Crippen LogP contribution < -0.4 is 16.9 Å². The Kier molecular flexibility index (Phi) is 3.06. The van der Waals surface area contributed by atoms with Gasteiger partial charge < -0.3 is 15.7 Å². The molecule has 2 aromatic rings. The Hall–Kier alpha value is -1.46. The van der Waals surface area contributed by atoms with Crippen LogP contribution in [0.5, 0.6) is 0 Å². The highest BCUT2D eigenvalue weighted by atomic mass is 35.5. The van der Waals surface area contributed by atoms with Crippen molar-refractivity contribution >= 4 is 40.7 Å². The maximum Gasteiger partial charge on any atom is 0.314 e. The van der Waals surface area contributed by atoms with Gasteiger partial charge in [0.05, 0.1) is 21.7 Å². The molecule has 0 amide bonds. The first-order valence-corrected chi connectivity index (χ1v) is 4.17. The molecular weight excluding hydrogens is 241 g/mol. The second kappa shape index (κ2) is 3.96. The van der Waals surface area contributed by atoms with Crippen molar-refractivity contribution < 1.29 is 0 Å². The standard InChI is InChI=1S/C8H6ClN3O2.ClH/c9-3-1-5-6(2-4(3)10)12-8(14)7(13)11-5;/h1-2H,10H2,(H,11,13)(H,12,14);1H. The van der Waals surface area contributed by atoms with Gasteiger partial charge in [-0.2, -0.15) is 0 Å². The Morgan fingerprint density at radius 1 is 1.07 bits per heavy atom. The van der Waals surface area contributed by atoms with Gasteiger partial charge in [0.25, 0.3) is 0 Å². The van der Waals surface area contributed by atoms with Gasteiger partial charge in [-0.05, 0) is 12.1 Å². The lowest BCUT2D eigenvalue weighted by molar-refractivity contribution is 1.15. The highest BCUT2D eigenvalue weighted by Crippen LogP contribution is 2.21. The van der Waals surface area contributed by atoms with Crippen LogP contribution in [0.1, 0.15) is 0 Å². The molecule has 2 rings (SSSR count). The van der Waals surface area contributed by atoms with Crippen molar-refractivity contribution in [2.45, 2.75) is 0 Å². The van der Waals surface area contributed by atoms with E-state index < -0.39 is 11.1 Å². The number of aromatic nitrogens is 2. The number of aromatic amines is 2. The molecule has 0 saturated heterocycles. The third-order valence-corrected chi connectivity index (χ3v) is 2.17. The average molecular weight is 248 g/mol. The van der Waals surface area contributed by atoms with Crippen molar-refractivity contribution in [2.75, 3.05) is 5.73 Å². The average Bonchev–Trinajstić information content (AvgIpc) is 2.11. The molecule has 0 atom stereocenters. The number of nitrogens with one attached hydrogen (secondary N) is 2. The van der Waals surface area contributed by atoms with Crippen LogP contribution in [-0.2, 0) is 0 Å². The summed E-state index contributed by atoms with van der Waals surface area (Å²) in [4.78, 5) is 26.7. The largest absolute Gasteiger partial charge is 0.397 e. The normalized spacial score (nSPS) is 9.93. The summed E-state index contributed by atoms with van der Waals surface area (Å²) in [5.41, 5.74) is 5.37. The third-order valence-electron chi connectivity index (χ3n) is 1.84. The highest BCUT2D eigenvalue weighted by molar-refractivity contribution is 6.33. The molecular formula is C8H7Cl2N3O2. The van der Waals surface area contributed by atoms with Crippen molar-refractivity contribution in [3.8, 4) is 0 Å². The first kappa shape index (κ1) is 11.6. The van der Waals surface area contributed by atoms with Crippen molar-refractivity contribution in [2.24, 2.45) is 0 Å². The number of benzene rings is 1. The van der Waals surface area contributed by atoms with E-state index in [1.165, 1.54) is 12.1 Å². The predicted octanol–water partition coefficient (Wildman–Crippen LogP) is 0.874. The van der Waals surface area contributed by atoms with Crippen LogP contribution in [-0.4, -0.2) is 9.97 Å². The van der Waals surface area contributed by atoms with Crippen LogP contribution in [0, 0.1) is 0 Å². The molecule has 5 nitrogen and oxygen atoms in total. The number of hydrogen-bond acceptors (Lipinski definition) is 3. The minimum atomic E-state index is -0.710. The number of halogens is 2. The minimum absolute atomic E-state index is 0. The molecule has 7 heteroatoms. The molecule has 80 valence electrons. The molecule has 15 heavy (non-hydrogen) atoms. The summed E-state index contributed by atoms with van der Waals surface area (Å²) in [5.74, 6) is 0. The molecule has 0 bridgehead atoms. The summed E-state index contributed by atoms with van der Waals surface area (Å²) in [6.45, 7) is 0. The van der Waals surface area contributed by atoms with E-state index in [-0.39, 0.29) is 12.4 Å². The summed E-state index contributed by atoms with van der Waals surface area (Å²) >= 11 is 5.74. The van der Waals surface area contributed by atoms with Crippen LogP contribution in [0.4, 0.5) is 5.69 Å². The van der Waals surface area contributed by atoms with E-state index in [0.717, 1.165) is 0 Å². The monoisotopic (exact) mass is 247 g/mol. The lowest BCUT2D eigenvalue weighted by atomic mass is 10.2. The maximum atomic E-state index is 11.0. The van der Waals surface area contributed by atoms with Gasteiger partial charge >= 0.3 is 11.1 Å². The zero-order chi connectivity index (χ0) is 10.3. The van der Waals surface area contributed by atoms with Crippen LogP contribution in [0.25, 0.3) is 11.0 Å². The Bertz CT molecular complexity index is 563. The Morgan fingerprint density at radius 3 is 2.07 bits per heavy atom. The van der Waals surface area contributed by atoms with Gasteiger partial charge in [-0.3, -0.25) is 9.59 Å². The second-order valence-corrected chi connectivity index (χ2v) is 3.23. The van der Waals surface area contributed by atoms with Crippen molar-refractivity contribution in [1.82, 2.24) is 9.97 Å². The van der Waals surface area contributed by atoms with E-state index in [0.29, 0.717) is 21.7 Å². The van der Waals surface area contributed by atoms with Crippen LogP contribution in [0.15, 0.2) is 21.7 Å². The van der Waals surface area contributed by atoms with E-state index >= 15 is 0 Å². The van der Waals surface area contributed by atoms with Crippen LogP contribution in [0.2, 0.25) is 5.02 Å². The molecule has 0 aliphatic rings. The van der Waals surface area contributed by atoms with E-state index in [9.17, 15) is 9.59 Å². The number of fused-ring (bicyclic) bond motifs is 1.